The lowest BCUT2D eigenvalue weighted by atomic mass is 10.2. The summed E-state index contributed by atoms with van der Waals surface area (Å²) >= 11 is 0. The van der Waals surface area contributed by atoms with Crippen LogP contribution in [0.5, 0.6) is 5.75 Å². The molecule has 19 heavy (non-hydrogen) atoms. The van der Waals surface area contributed by atoms with Crippen LogP contribution in [-0.4, -0.2) is 6.54 Å². The molecular formula is C16H21NO2. The summed E-state index contributed by atoms with van der Waals surface area (Å²) in [7, 11) is 0. The van der Waals surface area contributed by atoms with E-state index in [4.69, 9.17) is 9.15 Å². The number of nitrogens with one attached hydrogen (secondary N) is 1. The van der Waals surface area contributed by atoms with E-state index in [0.717, 1.165) is 36.6 Å². The van der Waals surface area contributed by atoms with Gasteiger partial charge < -0.3 is 14.5 Å². The molecule has 3 nitrogen and oxygen atoms in total. The zero-order chi connectivity index (χ0) is 13.5. The highest BCUT2D eigenvalue weighted by molar-refractivity contribution is 5.27. The van der Waals surface area contributed by atoms with Crippen molar-refractivity contribution in [2.75, 3.05) is 6.54 Å². The normalized spacial score (nSPS) is 10.6. The predicted molar refractivity (Wildman–Crippen MR) is 76.2 cm³/mol. The highest BCUT2D eigenvalue weighted by Crippen LogP contribution is 2.15. The van der Waals surface area contributed by atoms with E-state index in [1.54, 1.807) is 6.26 Å². The molecule has 1 N–H and O–H groups in total. The van der Waals surface area contributed by atoms with Gasteiger partial charge in [-0.2, -0.15) is 0 Å². The van der Waals surface area contributed by atoms with Gasteiger partial charge in [-0.05, 0) is 36.7 Å². The summed E-state index contributed by atoms with van der Waals surface area (Å²) in [5.74, 6) is 1.73. The molecule has 0 aliphatic rings. The Kier molecular flexibility index (Phi) is 5.04. The Morgan fingerprint density at radius 2 is 1.89 bits per heavy atom. The van der Waals surface area contributed by atoms with Gasteiger partial charge in [-0.3, -0.25) is 0 Å². The standard InChI is InChI=1S/C16H21NO2/c1-3-13-5-7-15(8-6-13)19-12-16-9-14(11-18-16)10-17-4-2/h5-9,11,17H,3-4,10,12H2,1-2H3. The van der Waals surface area contributed by atoms with Gasteiger partial charge in [-0.25, -0.2) is 0 Å². The first-order valence-electron chi connectivity index (χ1n) is 6.80. The molecule has 0 aliphatic carbocycles. The fraction of sp³-hybridized carbons (Fsp3) is 0.375. The van der Waals surface area contributed by atoms with E-state index in [-0.39, 0.29) is 0 Å². The molecule has 102 valence electrons. The zero-order valence-corrected chi connectivity index (χ0v) is 11.6. The molecule has 0 aliphatic heterocycles. The van der Waals surface area contributed by atoms with E-state index in [2.05, 4.69) is 31.3 Å². The van der Waals surface area contributed by atoms with Crippen molar-refractivity contribution in [2.45, 2.75) is 33.4 Å². The second-order valence-corrected chi connectivity index (χ2v) is 4.49. The first-order chi connectivity index (χ1) is 9.31. The van der Waals surface area contributed by atoms with Gasteiger partial charge in [0.05, 0.1) is 6.26 Å². The molecule has 0 amide bonds. The Bertz CT molecular complexity index is 488. The van der Waals surface area contributed by atoms with Crippen LogP contribution in [0.2, 0.25) is 0 Å². The first kappa shape index (κ1) is 13.7. The molecule has 0 atom stereocenters. The molecule has 0 saturated heterocycles. The quantitative estimate of drug-likeness (QED) is 0.826. The minimum atomic E-state index is 0.470. The molecule has 2 aromatic rings. The molecule has 1 aromatic carbocycles. The third-order valence-electron chi connectivity index (χ3n) is 3.00. The molecule has 0 fully saturated rings. The van der Waals surface area contributed by atoms with E-state index in [1.165, 1.54) is 5.56 Å². The Hall–Kier alpha value is -1.74. The van der Waals surface area contributed by atoms with Gasteiger partial charge in [0.1, 0.15) is 18.1 Å². The fourth-order valence-corrected chi connectivity index (χ4v) is 1.84. The lowest BCUT2D eigenvalue weighted by Gasteiger charge is -2.04. The average Bonchev–Trinajstić information content (AvgIpc) is 2.91. The van der Waals surface area contributed by atoms with Crippen LogP contribution in [0.25, 0.3) is 0 Å². The number of benzene rings is 1. The molecule has 1 aromatic heterocycles. The van der Waals surface area contributed by atoms with Gasteiger partial charge >= 0.3 is 0 Å². The smallest absolute Gasteiger partial charge is 0.146 e. The van der Waals surface area contributed by atoms with Crippen molar-refractivity contribution in [1.29, 1.82) is 0 Å². The van der Waals surface area contributed by atoms with E-state index in [9.17, 15) is 0 Å². The van der Waals surface area contributed by atoms with Crippen molar-refractivity contribution in [3.63, 3.8) is 0 Å². The van der Waals surface area contributed by atoms with Crippen LogP contribution in [-0.2, 0) is 19.6 Å². The van der Waals surface area contributed by atoms with E-state index >= 15 is 0 Å². The van der Waals surface area contributed by atoms with E-state index in [0.29, 0.717) is 6.61 Å². The molecule has 0 spiro atoms. The minimum Gasteiger partial charge on any atom is -0.486 e. The number of hydrogen-bond acceptors (Lipinski definition) is 3. The molecular weight excluding hydrogens is 238 g/mol. The highest BCUT2D eigenvalue weighted by atomic mass is 16.5. The third-order valence-corrected chi connectivity index (χ3v) is 3.00. The summed E-state index contributed by atoms with van der Waals surface area (Å²) in [6.07, 6.45) is 2.83. The highest BCUT2D eigenvalue weighted by Gasteiger charge is 2.02. The van der Waals surface area contributed by atoms with Gasteiger partial charge in [0, 0.05) is 12.1 Å². The number of furan rings is 1. The predicted octanol–water partition coefficient (Wildman–Crippen LogP) is 3.53. The van der Waals surface area contributed by atoms with Crippen molar-refractivity contribution in [3.8, 4) is 5.75 Å². The number of rotatable bonds is 7. The van der Waals surface area contributed by atoms with Crippen molar-refractivity contribution in [3.05, 3.63) is 53.5 Å². The summed E-state index contributed by atoms with van der Waals surface area (Å²) < 4.78 is 11.2. The van der Waals surface area contributed by atoms with Crippen molar-refractivity contribution in [1.82, 2.24) is 5.32 Å². The topological polar surface area (TPSA) is 34.4 Å². The molecule has 3 heteroatoms. The van der Waals surface area contributed by atoms with Crippen molar-refractivity contribution < 1.29 is 9.15 Å². The number of ether oxygens (including phenoxy) is 1. The molecule has 2 rings (SSSR count). The Labute approximate surface area is 114 Å². The largest absolute Gasteiger partial charge is 0.486 e. The van der Waals surface area contributed by atoms with Crippen LogP contribution in [0.15, 0.2) is 41.0 Å². The van der Waals surface area contributed by atoms with Gasteiger partial charge in [-0.15, -0.1) is 0 Å². The lowest BCUT2D eigenvalue weighted by molar-refractivity contribution is 0.270. The minimum absolute atomic E-state index is 0.470. The van der Waals surface area contributed by atoms with E-state index < -0.39 is 0 Å². The summed E-state index contributed by atoms with van der Waals surface area (Å²) in [6.45, 7) is 6.50. The molecule has 0 saturated carbocycles. The Morgan fingerprint density at radius 1 is 1.11 bits per heavy atom. The van der Waals surface area contributed by atoms with E-state index in [1.807, 2.05) is 18.2 Å². The van der Waals surface area contributed by atoms with Crippen LogP contribution in [0.1, 0.15) is 30.7 Å². The Balaban J connectivity index is 1.85. The van der Waals surface area contributed by atoms with Gasteiger partial charge in [0.25, 0.3) is 0 Å². The van der Waals surface area contributed by atoms with Crippen molar-refractivity contribution in [2.24, 2.45) is 0 Å². The van der Waals surface area contributed by atoms with Gasteiger partial charge in [0.2, 0.25) is 0 Å². The average molecular weight is 259 g/mol. The molecule has 0 unspecified atom stereocenters. The zero-order valence-electron chi connectivity index (χ0n) is 11.6. The maximum atomic E-state index is 5.70. The summed E-state index contributed by atoms with van der Waals surface area (Å²) in [5, 5.41) is 3.26. The second kappa shape index (κ2) is 7.00. The summed E-state index contributed by atoms with van der Waals surface area (Å²) in [6, 6.07) is 10.2. The van der Waals surface area contributed by atoms with Crippen LogP contribution in [0, 0.1) is 0 Å². The maximum absolute atomic E-state index is 5.70. The SMILES string of the molecule is CCNCc1coc(COc2ccc(CC)cc2)c1. The second-order valence-electron chi connectivity index (χ2n) is 4.49. The van der Waals surface area contributed by atoms with Crippen LogP contribution < -0.4 is 10.1 Å². The van der Waals surface area contributed by atoms with Gasteiger partial charge in [-0.1, -0.05) is 26.0 Å². The summed E-state index contributed by atoms with van der Waals surface area (Å²) in [4.78, 5) is 0. The van der Waals surface area contributed by atoms with Crippen LogP contribution >= 0.6 is 0 Å². The molecule has 0 bridgehead atoms. The third kappa shape index (κ3) is 4.14. The van der Waals surface area contributed by atoms with Gasteiger partial charge in [0.15, 0.2) is 0 Å². The van der Waals surface area contributed by atoms with Crippen LogP contribution in [0.4, 0.5) is 0 Å². The van der Waals surface area contributed by atoms with Crippen LogP contribution in [0.3, 0.4) is 0 Å². The Morgan fingerprint density at radius 3 is 2.58 bits per heavy atom. The molecule has 0 radical (unpaired) electrons. The number of aryl methyl sites for hydroxylation is 1. The number of hydrogen-bond donors (Lipinski definition) is 1. The molecule has 1 heterocycles. The fourth-order valence-electron chi connectivity index (χ4n) is 1.84. The maximum Gasteiger partial charge on any atom is 0.146 e. The monoisotopic (exact) mass is 259 g/mol. The first-order valence-corrected chi connectivity index (χ1v) is 6.80. The summed E-state index contributed by atoms with van der Waals surface area (Å²) in [5.41, 5.74) is 2.47. The lowest BCUT2D eigenvalue weighted by Crippen LogP contribution is -2.10. The van der Waals surface area contributed by atoms with Crippen molar-refractivity contribution >= 4 is 0 Å².